The van der Waals surface area contributed by atoms with E-state index in [9.17, 15) is 9.59 Å². The highest BCUT2D eigenvalue weighted by Crippen LogP contribution is 2.28. The molecule has 0 unspecified atom stereocenters. The van der Waals surface area contributed by atoms with Crippen molar-refractivity contribution in [2.45, 2.75) is 19.4 Å². The molecule has 2 heterocycles. The number of nitrogens with one attached hydrogen (secondary N) is 1. The minimum absolute atomic E-state index is 0.0298. The minimum atomic E-state index is -0.907. The second kappa shape index (κ2) is 8.79. The summed E-state index contributed by atoms with van der Waals surface area (Å²) in [4.78, 5) is 29.8. The summed E-state index contributed by atoms with van der Waals surface area (Å²) in [5.74, 6) is -0.195. The van der Waals surface area contributed by atoms with Gasteiger partial charge >= 0.3 is 5.97 Å². The summed E-state index contributed by atoms with van der Waals surface area (Å²) in [7, 11) is 1.57. The molecule has 0 aliphatic heterocycles. The van der Waals surface area contributed by atoms with E-state index in [-0.39, 0.29) is 6.42 Å². The molecule has 27 heavy (non-hydrogen) atoms. The van der Waals surface area contributed by atoms with Gasteiger partial charge in [0.25, 0.3) is 5.91 Å². The Kier molecular flexibility index (Phi) is 6.20. The van der Waals surface area contributed by atoms with Crippen molar-refractivity contribution in [3.05, 3.63) is 52.9 Å². The zero-order chi connectivity index (χ0) is 19.2. The summed E-state index contributed by atoms with van der Waals surface area (Å²) in [6, 6.07) is 10.8. The summed E-state index contributed by atoms with van der Waals surface area (Å²) in [6.07, 6.45) is -0.878. The third-order valence-corrected chi connectivity index (χ3v) is 5.57. The summed E-state index contributed by atoms with van der Waals surface area (Å²) in [5.41, 5.74) is 1.24. The highest BCUT2D eigenvalue weighted by Gasteiger charge is 2.19. The van der Waals surface area contributed by atoms with Gasteiger partial charge in [-0.3, -0.25) is 9.59 Å². The number of hydrogen-bond acceptors (Lipinski definition) is 7. The van der Waals surface area contributed by atoms with E-state index in [2.05, 4.69) is 10.3 Å². The lowest BCUT2D eigenvalue weighted by atomic mass is 10.3. The molecule has 0 aliphatic rings. The largest absolute Gasteiger partial charge is 0.497 e. The number of esters is 1. The molecule has 0 aliphatic carbocycles. The number of carbonyl (C=O) groups excluding carboxylic acids is 2. The van der Waals surface area contributed by atoms with Gasteiger partial charge in [0.15, 0.2) is 6.10 Å². The second-order valence-corrected chi connectivity index (χ2v) is 7.45. The summed E-state index contributed by atoms with van der Waals surface area (Å²) < 4.78 is 10.3. The lowest BCUT2D eigenvalue weighted by Gasteiger charge is -2.13. The fourth-order valence-electron chi connectivity index (χ4n) is 2.26. The van der Waals surface area contributed by atoms with Crippen molar-refractivity contribution in [1.82, 2.24) is 4.98 Å². The fraction of sp³-hybridized carbons (Fsp3) is 0.211. The van der Waals surface area contributed by atoms with Crippen molar-refractivity contribution in [3.8, 4) is 15.6 Å². The van der Waals surface area contributed by atoms with Crippen LogP contribution in [0, 0.1) is 0 Å². The number of benzene rings is 1. The quantitative estimate of drug-likeness (QED) is 0.605. The zero-order valence-electron chi connectivity index (χ0n) is 14.8. The summed E-state index contributed by atoms with van der Waals surface area (Å²) >= 11 is 3.08. The first kappa shape index (κ1) is 19.1. The van der Waals surface area contributed by atoms with E-state index in [4.69, 9.17) is 9.47 Å². The Hall–Kier alpha value is -2.71. The molecular formula is C19H18N2O4S2. The maximum absolute atomic E-state index is 12.2. The number of methoxy groups -OCH3 is 1. The van der Waals surface area contributed by atoms with Gasteiger partial charge in [0.05, 0.1) is 24.1 Å². The van der Waals surface area contributed by atoms with Crippen LogP contribution in [0.3, 0.4) is 0 Å². The number of amides is 1. The predicted molar refractivity (Wildman–Crippen MR) is 106 cm³/mol. The first-order chi connectivity index (χ1) is 13.0. The van der Waals surface area contributed by atoms with Crippen LogP contribution in [0.15, 0.2) is 47.2 Å². The van der Waals surface area contributed by atoms with Crippen LogP contribution >= 0.6 is 22.7 Å². The number of anilines is 1. The summed E-state index contributed by atoms with van der Waals surface area (Å²) in [6.45, 7) is 1.54. The van der Waals surface area contributed by atoms with Gasteiger partial charge in [-0.1, -0.05) is 6.07 Å². The number of hydrogen-bond donors (Lipinski definition) is 1. The number of aromatic nitrogens is 1. The van der Waals surface area contributed by atoms with E-state index in [1.54, 1.807) is 42.7 Å². The molecule has 1 aromatic carbocycles. The fourth-order valence-corrected chi connectivity index (χ4v) is 3.89. The molecule has 1 amide bonds. The maximum atomic E-state index is 12.2. The minimum Gasteiger partial charge on any atom is -0.497 e. The van der Waals surface area contributed by atoms with Crippen molar-refractivity contribution in [1.29, 1.82) is 0 Å². The standard InChI is InChI=1S/C19H18N2O4S2/c1-12(18(23)20-13-5-7-15(24-2)8-6-13)25-17(22)10-14-11-27-19(21-14)16-4-3-9-26-16/h3-9,11-12H,10H2,1-2H3,(H,20,23)/t12-/m1/s1. The van der Waals surface area contributed by atoms with Gasteiger partial charge in [-0.15, -0.1) is 22.7 Å². The Bertz CT molecular complexity index is 904. The van der Waals surface area contributed by atoms with Gasteiger partial charge in [-0.05, 0) is 42.6 Å². The average Bonchev–Trinajstić information content (AvgIpc) is 3.33. The smallest absolute Gasteiger partial charge is 0.312 e. The second-order valence-electron chi connectivity index (χ2n) is 5.65. The van der Waals surface area contributed by atoms with Crippen molar-refractivity contribution in [2.24, 2.45) is 0 Å². The number of nitrogens with zero attached hydrogens (tertiary/aromatic N) is 1. The highest BCUT2D eigenvalue weighted by molar-refractivity contribution is 7.20. The van der Waals surface area contributed by atoms with Gasteiger partial charge in [-0.25, -0.2) is 4.98 Å². The molecule has 0 radical (unpaired) electrons. The van der Waals surface area contributed by atoms with Crippen LogP contribution in [0.4, 0.5) is 5.69 Å². The van der Waals surface area contributed by atoms with Crippen LogP contribution in [0.25, 0.3) is 9.88 Å². The molecule has 8 heteroatoms. The SMILES string of the molecule is COc1ccc(NC(=O)[C@@H](C)OC(=O)Cc2csc(-c3cccs3)n2)cc1. The molecule has 0 saturated carbocycles. The van der Waals surface area contributed by atoms with E-state index in [1.807, 2.05) is 22.9 Å². The van der Waals surface area contributed by atoms with Crippen LogP contribution < -0.4 is 10.1 Å². The number of thiazole rings is 1. The molecule has 0 spiro atoms. The van der Waals surface area contributed by atoms with Crippen LogP contribution in [0.5, 0.6) is 5.75 Å². The van der Waals surface area contributed by atoms with Gasteiger partial charge in [0, 0.05) is 11.1 Å². The van der Waals surface area contributed by atoms with Crippen molar-refractivity contribution < 1.29 is 19.1 Å². The molecule has 0 bridgehead atoms. The van der Waals surface area contributed by atoms with Crippen LogP contribution in [-0.2, 0) is 20.7 Å². The number of rotatable bonds is 7. The topological polar surface area (TPSA) is 77.5 Å². The van der Waals surface area contributed by atoms with Gasteiger partial charge in [0.1, 0.15) is 10.8 Å². The van der Waals surface area contributed by atoms with Crippen LogP contribution in [-0.4, -0.2) is 30.1 Å². The van der Waals surface area contributed by atoms with E-state index in [0.717, 1.165) is 9.88 Å². The Morgan fingerprint density at radius 2 is 1.96 bits per heavy atom. The maximum Gasteiger partial charge on any atom is 0.312 e. The molecule has 2 aromatic heterocycles. The first-order valence-corrected chi connectivity index (χ1v) is 9.94. The molecule has 0 saturated heterocycles. The lowest BCUT2D eigenvalue weighted by Crippen LogP contribution is -2.30. The Morgan fingerprint density at radius 3 is 2.63 bits per heavy atom. The Morgan fingerprint density at radius 1 is 1.19 bits per heavy atom. The lowest BCUT2D eigenvalue weighted by molar-refractivity contribution is -0.152. The number of thiophene rings is 1. The molecule has 0 fully saturated rings. The third-order valence-electron chi connectivity index (χ3n) is 3.64. The third kappa shape index (κ3) is 5.15. The Labute approximate surface area is 164 Å². The molecule has 3 aromatic rings. The van der Waals surface area contributed by atoms with Crippen molar-refractivity contribution >= 4 is 40.2 Å². The first-order valence-electron chi connectivity index (χ1n) is 8.18. The molecule has 3 rings (SSSR count). The van der Waals surface area contributed by atoms with Crippen LogP contribution in [0.1, 0.15) is 12.6 Å². The zero-order valence-corrected chi connectivity index (χ0v) is 16.4. The molecule has 1 atom stereocenters. The molecule has 1 N–H and O–H groups in total. The van der Waals surface area contributed by atoms with Gasteiger partial charge < -0.3 is 14.8 Å². The van der Waals surface area contributed by atoms with Crippen molar-refractivity contribution in [2.75, 3.05) is 12.4 Å². The van der Waals surface area contributed by atoms with E-state index in [0.29, 0.717) is 17.1 Å². The van der Waals surface area contributed by atoms with Gasteiger partial charge in [-0.2, -0.15) is 0 Å². The molecule has 140 valence electrons. The highest BCUT2D eigenvalue weighted by atomic mass is 32.1. The van der Waals surface area contributed by atoms with E-state index in [1.165, 1.54) is 18.3 Å². The monoisotopic (exact) mass is 402 g/mol. The molecule has 6 nitrogen and oxygen atoms in total. The number of carbonyl (C=O) groups is 2. The van der Waals surface area contributed by atoms with E-state index < -0.39 is 18.0 Å². The Balaban J connectivity index is 1.51. The predicted octanol–water partition coefficient (Wildman–Crippen LogP) is 3.99. The van der Waals surface area contributed by atoms with Gasteiger partial charge in [0.2, 0.25) is 0 Å². The molecular weight excluding hydrogens is 384 g/mol. The normalized spacial score (nSPS) is 11.6. The average molecular weight is 402 g/mol. The van der Waals surface area contributed by atoms with Crippen molar-refractivity contribution in [3.63, 3.8) is 0 Å². The number of ether oxygens (including phenoxy) is 2. The summed E-state index contributed by atoms with van der Waals surface area (Å²) in [5, 5.41) is 7.39. The van der Waals surface area contributed by atoms with Crippen LogP contribution in [0.2, 0.25) is 0 Å². The van der Waals surface area contributed by atoms with E-state index >= 15 is 0 Å².